The van der Waals surface area contributed by atoms with E-state index in [1.807, 2.05) is 19.9 Å². The van der Waals surface area contributed by atoms with Crippen LogP contribution in [0.4, 0.5) is 0 Å². The Morgan fingerprint density at radius 1 is 1.47 bits per heavy atom. The van der Waals surface area contributed by atoms with E-state index < -0.39 is 5.41 Å². The monoisotopic (exact) mass is 209 g/mol. The molecular weight excluding hydrogens is 190 g/mol. The quantitative estimate of drug-likeness (QED) is 0.426. The third-order valence-electron chi connectivity index (χ3n) is 3.26. The molecule has 0 radical (unpaired) electrons. The van der Waals surface area contributed by atoms with Crippen LogP contribution in [0.3, 0.4) is 0 Å². The molecule has 0 spiro atoms. The molecule has 0 aliphatic heterocycles. The molecule has 0 saturated heterocycles. The van der Waals surface area contributed by atoms with Gasteiger partial charge >= 0.3 is 0 Å². The lowest BCUT2D eigenvalue weighted by molar-refractivity contribution is -0.137. The molecule has 84 valence electrons. The van der Waals surface area contributed by atoms with Crippen LogP contribution in [0.2, 0.25) is 0 Å². The first-order valence-corrected chi connectivity index (χ1v) is 5.35. The summed E-state index contributed by atoms with van der Waals surface area (Å²) in [4.78, 5) is 11.8. The summed E-state index contributed by atoms with van der Waals surface area (Å²) in [7, 11) is 0. The van der Waals surface area contributed by atoms with Crippen molar-refractivity contribution in [3.8, 4) is 0 Å². The number of hydrogen-bond acceptors (Lipinski definition) is 2. The lowest BCUT2D eigenvalue weighted by atomic mass is 9.75. The van der Waals surface area contributed by atoms with Gasteiger partial charge in [-0.25, -0.2) is 5.48 Å². The van der Waals surface area contributed by atoms with Crippen molar-refractivity contribution in [3.05, 3.63) is 23.8 Å². The van der Waals surface area contributed by atoms with Crippen molar-refractivity contribution in [2.45, 2.75) is 39.5 Å². The summed E-state index contributed by atoms with van der Waals surface area (Å²) >= 11 is 0. The number of hydrogen-bond donors (Lipinski definition) is 2. The highest BCUT2D eigenvalue weighted by atomic mass is 16.5. The van der Waals surface area contributed by atoms with Gasteiger partial charge in [0.2, 0.25) is 0 Å². The van der Waals surface area contributed by atoms with Gasteiger partial charge in [0.05, 0.1) is 5.41 Å². The van der Waals surface area contributed by atoms with Crippen LogP contribution < -0.4 is 5.48 Å². The fourth-order valence-corrected chi connectivity index (χ4v) is 2.64. The molecule has 3 heteroatoms. The highest BCUT2D eigenvalue weighted by Gasteiger charge is 2.44. The number of carbonyl (C=O) groups is 1. The average molecular weight is 209 g/mol. The van der Waals surface area contributed by atoms with E-state index in [-0.39, 0.29) is 5.91 Å². The zero-order chi connectivity index (χ0) is 11.5. The molecule has 1 rings (SSSR count). The fraction of sp³-hybridized carbons (Fsp3) is 0.583. The number of hydroxylamine groups is 1. The molecule has 1 aliphatic carbocycles. The first kappa shape index (κ1) is 12.0. The first-order valence-electron chi connectivity index (χ1n) is 5.35. The van der Waals surface area contributed by atoms with Crippen molar-refractivity contribution in [1.29, 1.82) is 0 Å². The van der Waals surface area contributed by atoms with E-state index in [0.717, 1.165) is 36.8 Å². The molecule has 0 atom stereocenters. The lowest BCUT2D eigenvalue weighted by Gasteiger charge is -2.29. The first-order chi connectivity index (χ1) is 7.08. The van der Waals surface area contributed by atoms with E-state index >= 15 is 0 Å². The van der Waals surface area contributed by atoms with E-state index in [4.69, 9.17) is 5.21 Å². The Hall–Kier alpha value is -1.09. The highest BCUT2D eigenvalue weighted by Crippen LogP contribution is 2.46. The predicted molar refractivity (Wildman–Crippen MR) is 59.4 cm³/mol. The molecule has 0 bridgehead atoms. The van der Waals surface area contributed by atoms with Gasteiger partial charge in [-0.2, -0.15) is 0 Å². The summed E-state index contributed by atoms with van der Waals surface area (Å²) < 4.78 is 0. The van der Waals surface area contributed by atoms with Gasteiger partial charge < -0.3 is 0 Å². The maximum Gasteiger partial charge on any atom is 0.253 e. The number of carbonyl (C=O) groups excluding carboxylic acids is 1. The summed E-state index contributed by atoms with van der Waals surface area (Å²) in [6, 6.07) is 0. The Morgan fingerprint density at radius 2 is 2.00 bits per heavy atom. The van der Waals surface area contributed by atoms with Crippen LogP contribution in [0.5, 0.6) is 0 Å². The van der Waals surface area contributed by atoms with Gasteiger partial charge in [-0.15, -0.1) is 0 Å². The molecular formula is C12H19NO2. The van der Waals surface area contributed by atoms with Gasteiger partial charge in [-0.05, 0) is 32.3 Å². The molecule has 15 heavy (non-hydrogen) atoms. The van der Waals surface area contributed by atoms with Crippen LogP contribution in [-0.2, 0) is 4.79 Å². The zero-order valence-corrected chi connectivity index (χ0v) is 9.47. The van der Waals surface area contributed by atoms with Crippen molar-refractivity contribution < 1.29 is 10.0 Å². The van der Waals surface area contributed by atoms with Crippen molar-refractivity contribution in [3.63, 3.8) is 0 Å². The Kier molecular flexibility index (Phi) is 3.69. The fourth-order valence-electron chi connectivity index (χ4n) is 2.64. The second kappa shape index (κ2) is 4.62. The van der Waals surface area contributed by atoms with Gasteiger partial charge in [-0.3, -0.25) is 10.0 Å². The van der Waals surface area contributed by atoms with Crippen LogP contribution in [-0.4, -0.2) is 11.1 Å². The summed E-state index contributed by atoms with van der Waals surface area (Å²) in [5, 5.41) is 8.83. The van der Waals surface area contributed by atoms with Crippen LogP contribution in [0, 0.1) is 5.41 Å². The van der Waals surface area contributed by atoms with Crippen LogP contribution in [0.1, 0.15) is 39.5 Å². The number of rotatable bonds is 3. The molecule has 1 amide bonds. The summed E-state index contributed by atoms with van der Waals surface area (Å²) in [6.07, 6.45) is 5.58. The molecule has 3 nitrogen and oxygen atoms in total. The van der Waals surface area contributed by atoms with Gasteiger partial charge in [0.15, 0.2) is 0 Å². The number of amides is 1. The topological polar surface area (TPSA) is 49.3 Å². The van der Waals surface area contributed by atoms with Gasteiger partial charge in [0, 0.05) is 0 Å². The lowest BCUT2D eigenvalue weighted by Crippen LogP contribution is -2.39. The minimum atomic E-state index is -0.546. The smallest absolute Gasteiger partial charge is 0.253 e. The van der Waals surface area contributed by atoms with Crippen molar-refractivity contribution in [2.75, 3.05) is 0 Å². The largest absolute Gasteiger partial charge is 0.289 e. The molecule has 0 heterocycles. The van der Waals surface area contributed by atoms with E-state index in [1.54, 1.807) is 5.48 Å². The molecule has 1 saturated carbocycles. The van der Waals surface area contributed by atoms with Crippen LogP contribution in [0.25, 0.3) is 0 Å². The minimum absolute atomic E-state index is 0.295. The Bertz CT molecular complexity index is 299. The Labute approximate surface area is 90.8 Å². The van der Waals surface area contributed by atoms with E-state index in [2.05, 4.69) is 6.58 Å². The van der Waals surface area contributed by atoms with Gasteiger partial charge in [0.1, 0.15) is 0 Å². The summed E-state index contributed by atoms with van der Waals surface area (Å²) in [6.45, 7) is 7.72. The standard InChI is InChI=1S/C12H19NO2/c1-4-10(9(2)3)12(11(14)13-15)7-5-6-8-12/h4,15H,2,5-8H2,1,3H3,(H,13,14)/b10-4+. The van der Waals surface area contributed by atoms with Crippen molar-refractivity contribution in [1.82, 2.24) is 5.48 Å². The van der Waals surface area contributed by atoms with Crippen LogP contribution >= 0.6 is 0 Å². The second-order valence-corrected chi connectivity index (χ2v) is 4.21. The second-order valence-electron chi connectivity index (χ2n) is 4.21. The normalized spacial score (nSPS) is 20.1. The Morgan fingerprint density at radius 3 is 2.33 bits per heavy atom. The predicted octanol–water partition coefficient (Wildman–Crippen LogP) is 2.57. The van der Waals surface area contributed by atoms with Crippen molar-refractivity contribution in [2.24, 2.45) is 5.41 Å². The third-order valence-corrected chi connectivity index (χ3v) is 3.26. The molecule has 0 unspecified atom stereocenters. The summed E-state index contributed by atoms with van der Waals surface area (Å²) in [5.41, 5.74) is 3.12. The number of allylic oxidation sites excluding steroid dienone is 2. The SMILES string of the molecule is C=C(C)/C(=C\C)C1(C(=O)NO)CCCC1. The molecule has 0 aromatic heterocycles. The number of nitrogens with one attached hydrogen (secondary N) is 1. The van der Waals surface area contributed by atoms with E-state index in [9.17, 15) is 4.79 Å². The third kappa shape index (κ3) is 1.97. The van der Waals surface area contributed by atoms with Gasteiger partial charge in [-0.1, -0.05) is 31.1 Å². The van der Waals surface area contributed by atoms with Gasteiger partial charge in [0.25, 0.3) is 5.91 Å². The maximum atomic E-state index is 11.8. The minimum Gasteiger partial charge on any atom is -0.289 e. The van der Waals surface area contributed by atoms with Crippen LogP contribution in [0.15, 0.2) is 23.8 Å². The molecule has 1 aliphatic rings. The van der Waals surface area contributed by atoms with E-state index in [0.29, 0.717) is 0 Å². The average Bonchev–Trinajstić information content (AvgIpc) is 2.67. The summed E-state index contributed by atoms with van der Waals surface area (Å²) in [5.74, 6) is -0.295. The molecule has 2 N–H and O–H groups in total. The maximum absolute atomic E-state index is 11.8. The zero-order valence-electron chi connectivity index (χ0n) is 9.47. The Balaban J connectivity index is 3.11. The van der Waals surface area contributed by atoms with Crippen molar-refractivity contribution >= 4 is 5.91 Å². The highest BCUT2D eigenvalue weighted by molar-refractivity contribution is 5.86. The molecule has 0 aromatic rings. The molecule has 0 aromatic carbocycles. The molecule has 1 fully saturated rings. The van der Waals surface area contributed by atoms with E-state index in [1.165, 1.54) is 0 Å².